The largest absolute Gasteiger partial charge is 0.396 e. The molecule has 3 aliphatic rings. The highest BCUT2D eigenvalue weighted by molar-refractivity contribution is 5.33. The van der Waals surface area contributed by atoms with Gasteiger partial charge < -0.3 is 5.73 Å². The second kappa shape index (κ2) is 1.51. The molecule has 1 aromatic rings. The maximum absolute atomic E-state index is 13.1. The van der Waals surface area contributed by atoms with Gasteiger partial charge in [-0.25, -0.2) is 4.39 Å². The summed E-state index contributed by atoms with van der Waals surface area (Å²) >= 11 is 0. The molecule has 0 spiro atoms. The fourth-order valence-electron chi connectivity index (χ4n) is 2.45. The average Bonchev–Trinajstić information content (AvgIpc) is 2.26. The van der Waals surface area contributed by atoms with Crippen LogP contribution in [-0.2, 0) is 5.54 Å². The third kappa shape index (κ3) is 0.552. The third-order valence-electron chi connectivity index (χ3n) is 3.03. The molecule has 0 aromatic carbocycles. The Bertz CT molecular complexity index is 324. The Labute approximate surface area is 69.4 Å². The zero-order valence-corrected chi connectivity index (χ0v) is 6.63. The number of hydrogen-bond acceptors (Lipinski definition) is 2. The minimum Gasteiger partial charge on any atom is -0.396 e. The van der Waals surface area contributed by atoms with E-state index >= 15 is 0 Å². The summed E-state index contributed by atoms with van der Waals surface area (Å²) in [5.41, 5.74) is 5.32. The maximum atomic E-state index is 13.1. The van der Waals surface area contributed by atoms with Crippen LogP contribution in [0.3, 0.4) is 0 Å². The Morgan fingerprint density at radius 2 is 2.17 bits per heavy atom. The van der Waals surface area contributed by atoms with Gasteiger partial charge in [0.05, 0.1) is 17.4 Å². The van der Waals surface area contributed by atoms with Crippen LogP contribution in [0.25, 0.3) is 0 Å². The van der Waals surface area contributed by atoms with E-state index in [1.54, 1.807) is 12.4 Å². The highest BCUT2D eigenvalue weighted by Gasteiger charge is 2.70. The van der Waals surface area contributed by atoms with E-state index in [4.69, 9.17) is 5.73 Å². The van der Waals surface area contributed by atoms with Crippen molar-refractivity contribution in [3.8, 4) is 0 Å². The fourth-order valence-corrected chi connectivity index (χ4v) is 2.45. The van der Waals surface area contributed by atoms with Crippen LogP contribution in [-0.4, -0.2) is 15.4 Å². The van der Waals surface area contributed by atoms with Crippen molar-refractivity contribution in [3.63, 3.8) is 0 Å². The van der Waals surface area contributed by atoms with E-state index in [9.17, 15) is 4.39 Å². The van der Waals surface area contributed by atoms with E-state index in [1.165, 1.54) is 0 Å². The first-order chi connectivity index (χ1) is 5.62. The minimum atomic E-state index is -0.860. The number of alkyl halides is 1. The molecule has 12 heavy (non-hydrogen) atoms. The number of nitrogens with zero attached hydrogens (tertiary/aromatic N) is 2. The van der Waals surface area contributed by atoms with Crippen LogP contribution in [0.1, 0.15) is 19.3 Å². The van der Waals surface area contributed by atoms with E-state index in [2.05, 4.69) is 5.10 Å². The molecule has 4 heteroatoms. The smallest absolute Gasteiger partial charge is 0.118 e. The first-order valence-electron chi connectivity index (χ1n) is 4.12. The molecule has 0 amide bonds. The van der Waals surface area contributed by atoms with Crippen LogP contribution in [0.2, 0.25) is 0 Å². The first kappa shape index (κ1) is 6.46. The summed E-state index contributed by atoms with van der Waals surface area (Å²) in [4.78, 5) is 0. The van der Waals surface area contributed by atoms with Gasteiger partial charge in [0.2, 0.25) is 0 Å². The van der Waals surface area contributed by atoms with Crippen molar-refractivity contribution in [2.45, 2.75) is 30.5 Å². The Kier molecular flexibility index (Phi) is 0.812. The summed E-state index contributed by atoms with van der Waals surface area (Å²) in [6, 6.07) is 0. The molecule has 64 valence electrons. The Balaban J connectivity index is 1.93. The molecule has 4 rings (SSSR count). The molecule has 0 saturated heterocycles. The van der Waals surface area contributed by atoms with Crippen LogP contribution in [0.4, 0.5) is 10.1 Å². The number of halogens is 1. The van der Waals surface area contributed by atoms with Gasteiger partial charge >= 0.3 is 0 Å². The standard InChI is InChI=1S/C8H10FN3/c9-7-3-8(4-7,5-7)12-2-6(10)1-11-12/h1-2H,3-5,10H2/t7-,8-. The summed E-state index contributed by atoms with van der Waals surface area (Å²) in [6.07, 6.45) is 5.29. The summed E-state index contributed by atoms with van der Waals surface area (Å²) in [5, 5.41) is 4.10. The maximum Gasteiger partial charge on any atom is 0.118 e. The van der Waals surface area contributed by atoms with E-state index in [0.29, 0.717) is 24.9 Å². The van der Waals surface area contributed by atoms with Gasteiger partial charge in [0.15, 0.2) is 0 Å². The van der Waals surface area contributed by atoms with Crippen LogP contribution >= 0.6 is 0 Å². The van der Waals surface area contributed by atoms with Crippen LogP contribution in [0.15, 0.2) is 12.4 Å². The molecule has 2 bridgehead atoms. The Morgan fingerprint density at radius 3 is 2.58 bits per heavy atom. The first-order valence-corrected chi connectivity index (χ1v) is 4.12. The van der Waals surface area contributed by atoms with Gasteiger partial charge in [-0.05, 0) is 0 Å². The summed E-state index contributed by atoms with van der Waals surface area (Å²) < 4.78 is 15.0. The van der Waals surface area contributed by atoms with E-state index < -0.39 is 5.67 Å². The summed E-state index contributed by atoms with van der Waals surface area (Å²) in [6.45, 7) is 0. The van der Waals surface area contributed by atoms with Gasteiger partial charge in [-0.1, -0.05) is 0 Å². The van der Waals surface area contributed by atoms with Crippen molar-refractivity contribution in [3.05, 3.63) is 12.4 Å². The second-order valence-electron chi connectivity index (χ2n) is 4.12. The minimum absolute atomic E-state index is 0.00757. The zero-order chi connectivity index (χ0) is 8.40. The fraction of sp³-hybridized carbons (Fsp3) is 0.625. The van der Waals surface area contributed by atoms with Gasteiger partial charge in [0.25, 0.3) is 0 Å². The lowest BCUT2D eigenvalue weighted by Crippen LogP contribution is -2.70. The van der Waals surface area contributed by atoms with E-state index in [-0.39, 0.29) is 5.54 Å². The quantitative estimate of drug-likeness (QED) is 0.679. The van der Waals surface area contributed by atoms with Crippen molar-refractivity contribution in [2.24, 2.45) is 0 Å². The monoisotopic (exact) mass is 167 g/mol. The number of anilines is 1. The van der Waals surface area contributed by atoms with Crippen molar-refractivity contribution in [1.29, 1.82) is 0 Å². The predicted molar refractivity (Wildman–Crippen MR) is 42.3 cm³/mol. The molecule has 3 aliphatic carbocycles. The Hall–Kier alpha value is -1.06. The molecule has 3 saturated carbocycles. The lowest BCUT2D eigenvalue weighted by atomic mass is 9.47. The Morgan fingerprint density at radius 1 is 1.50 bits per heavy atom. The summed E-state index contributed by atoms with van der Waals surface area (Å²) in [7, 11) is 0. The van der Waals surface area contributed by atoms with Gasteiger partial charge in [0, 0.05) is 25.5 Å². The molecule has 0 unspecified atom stereocenters. The normalized spacial score (nSPS) is 43.4. The molecule has 0 aliphatic heterocycles. The second-order valence-corrected chi connectivity index (χ2v) is 4.12. The zero-order valence-electron chi connectivity index (χ0n) is 6.63. The molecule has 3 fully saturated rings. The number of aromatic nitrogens is 2. The van der Waals surface area contributed by atoms with Gasteiger partial charge in [0.1, 0.15) is 5.67 Å². The van der Waals surface area contributed by atoms with Crippen LogP contribution < -0.4 is 5.73 Å². The molecule has 0 atom stereocenters. The number of hydrogen-bond donors (Lipinski definition) is 1. The van der Waals surface area contributed by atoms with Crippen molar-refractivity contribution < 1.29 is 4.39 Å². The number of rotatable bonds is 1. The highest BCUT2D eigenvalue weighted by atomic mass is 19.1. The van der Waals surface area contributed by atoms with Crippen LogP contribution in [0, 0.1) is 0 Å². The van der Waals surface area contributed by atoms with Crippen molar-refractivity contribution in [1.82, 2.24) is 9.78 Å². The molecule has 0 radical (unpaired) electrons. The topological polar surface area (TPSA) is 43.8 Å². The lowest BCUT2D eigenvalue weighted by Gasteiger charge is -2.65. The van der Waals surface area contributed by atoms with Crippen molar-refractivity contribution >= 4 is 5.69 Å². The molecule has 1 heterocycles. The SMILES string of the molecule is Nc1cnn([C@]23C[C@@](F)(C2)C3)c1. The van der Waals surface area contributed by atoms with Gasteiger partial charge in [-0.3, -0.25) is 4.68 Å². The van der Waals surface area contributed by atoms with Crippen molar-refractivity contribution in [2.75, 3.05) is 5.73 Å². The summed E-state index contributed by atoms with van der Waals surface area (Å²) in [5.74, 6) is 0. The lowest BCUT2D eigenvalue weighted by molar-refractivity contribution is -0.203. The molecule has 1 aromatic heterocycles. The predicted octanol–water partition coefficient (Wildman–Crippen LogP) is 1.07. The van der Waals surface area contributed by atoms with Gasteiger partial charge in [-0.15, -0.1) is 0 Å². The molecule has 3 nitrogen and oxygen atoms in total. The number of nitrogen functional groups attached to an aromatic ring is 1. The molecule has 2 N–H and O–H groups in total. The van der Waals surface area contributed by atoms with E-state index in [1.807, 2.05) is 4.68 Å². The van der Waals surface area contributed by atoms with E-state index in [0.717, 1.165) is 0 Å². The van der Waals surface area contributed by atoms with Crippen LogP contribution in [0.5, 0.6) is 0 Å². The highest BCUT2D eigenvalue weighted by Crippen LogP contribution is 2.67. The van der Waals surface area contributed by atoms with Gasteiger partial charge in [-0.2, -0.15) is 5.10 Å². The molecular formula is C8H10FN3. The number of nitrogens with two attached hydrogens (primary N) is 1. The molecular weight excluding hydrogens is 157 g/mol. The third-order valence-corrected chi connectivity index (χ3v) is 3.03. The average molecular weight is 167 g/mol.